The highest BCUT2D eigenvalue weighted by molar-refractivity contribution is 6.01. The van der Waals surface area contributed by atoms with Crippen molar-refractivity contribution in [3.63, 3.8) is 0 Å². The van der Waals surface area contributed by atoms with Crippen molar-refractivity contribution in [2.24, 2.45) is 15.4 Å². The number of amides is 3. The molecule has 3 atom stereocenters. The minimum atomic E-state index is -0.579. The van der Waals surface area contributed by atoms with Gasteiger partial charge in [0.25, 0.3) is 0 Å². The van der Waals surface area contributed by atoms with Crippen LogP contribution in [0.15, 0.2) is 9.98 Å². The number of rotatable bonds is 12. The Bertz CT molecular complexity index is 663. The van der Waals surface area contributed by atoms with Gasteiger partial charge in [-0.15, -0.1) is 0 Å². The Kier molecular flexibility index (Phi) is 10.6. The molecule has 1 saturated heterocycles. The van der Waals surface area contributed by atoms with Crippen molar-refractivity contribution in [2.75, 3.05) is 46.1 Å². The Morgan fingerprint density at radius 3 is 2.59 bits per heavy atom. The number of nitrogens with zero attached hydrogens (tertiary/aromatic N) is 2. The van der Waals surface area contributed by atoms with Gasteiger partial charge in [-0.2, -0.15) is 0 Å². The summed E-state index contributed by atoms with van der Waals surface area (Å²) < 4.78 is 22.0. The van der Waals surface area contributed by atoms with Crippen LogP contribution >= 0.6 is 0 Å². The number of guanidine groups is 1. The van der Waals surface area contributed by atoms with Gasteiger partial charge >= 0.3 is 12.1 Å². The average molecular weight is 457 g/mol. The molecule has 0 aromatic rings. The summed E-state index contributed by atoms with van der Waals surface area (Å²) in [4.78, 5) is 31.6. The van der Waals surface area contributed by atoms with E-state index >= 15 is 0 Å². The van der Waals surface area contributed by atoms with Crippen LogP contribution in [0.5, 0.6) is 0 Å². The first-order chi connectivity index (χ1) is 15.3. The number of aliphatic imine (C=N–C) groups is 2. The Morgan fingerprint density at radius 2 is 1.94 bits per heavy atom. The van der Waals surface area contributed by atoms with E-state index in [0.29, 0.717) is 19.2 Å². The lowest BCUT2D eigenvalue weighted by molar-refractivity contribution is -0.165. The fraction of sp³-hybridized carbons (Fsp3) is 0.800. The second-order valence-corrected chi connectivity index (χ2v) is 8.05. The summed E-state index contributed by atoms with van der Waals surface area (Å²) in [5.41, 5.74) is 0.144. The Hall–Kier alpha value is -2.44. The normalized spacial score (nSPS) is 20.8. The van der Waals surface area contributed by atoms with Gasteiger partial charge in [-0.3, -0.25) is 5.32 Å². The van der Waals surface area contributed by atoms with Gasteiger partial charge in [-0.1, -0.05) is 6.92 Å². The van der Waals surface area contributed by atoms with Gasteiger partial charge in [0.1, 0.15) is 12.8 Å². The maximum absolute atomic E-state index is 11.8. The van der Waals surface area contributed by atoms with E-state index in [1.54, 1.807) is 6.92 Å². The summed E-state index contributed by atoms with van der Waals surface area (Å²) in [5, 5.41) is 10.4. The predicted molar refractivity (Wildman–Crippen MR) is 119 cm³/mol. The third kappa shape index (κ3) is 9.37. The number of nitrogens with one attached hydrogen (secondary N) is 4. The van der Waals surface area contributed by atoms with E-state index < -0.39 is 12.1 Å². The first kappa shape index (κ1) is 25.8. The molecule has 182 valence electrons. The molecule has 3 amide bonds. The lowest BCUT2D eigenvalue weighted by Crippen LogP contribution is -2.48. The number of hydrogen-bond donors (Lipinski definition) is 4. The summed E-state index contributed by atoms with van der Waals surface area (Å²) >= 11 is 0. The maximum atomic E-state index is 11.8. The maximum Gasteiger partial charge on any atom is 0.407 e. The van der Waals surface area contributed by atoms with Crippen LogP contribution in [0.1, 0.15) is 34.1 Å². The smallest absolute Gasteiger partial charge is 0.407 e. The van der Waals surface area contributed by atoms with Gasteiger partial charge < -0.3 is 34.9 Å². The molecule has 2 aliphatic rings. The fourth-order valence-corrected chi connectivity index (χ4v) is 2.76. The molecule has 2 rings (SSSR count). The number of urea groups is 1. The van der Waals surface area contributed by atoms with Crippen LogP contribution in [-0.4, -0.2) is 88.9 Å². The molecule has 4 N–H and O–H groups in total. The molecule has 2 heterocycles. The second kappa shape index (κ2) is 13.2. The molecule has 0 radical (unpaired) electrons. The molecule has 0 aromatic heterocycles. The average Bonchev–Trinajstić information content (AvgIpc) is 2.73. The minimum Gasteiger partial charge on any atom is -0.447 e. The van der Waals surface area contributed by atoms with Crippen LogP contribution < -0.4 is 21.3 Å². The number of ether oxygens (including phenoxy) is 4. The van der Waals surface area contributed by atoms with Gasteiger partial charge in [0, 0.05) is 18.5 Å². The van der Waals surface area contributed by atoms with Crippen LogP contribution in [0.4, 0.5) is 9.59 Å². The number of alkyl carbamates (subject to hydrolysis) is 1. The van der Waals surface area contributed by atoms with Crippen molar-refractivity contribution in [3.05, 3.63) is 0 Å². The van der Waals surface area contributed by atoms with Crippen LogP contribution in [0.3, 0.4) is 0 Å². The zero-order valence-corrected chi connectivity index (χ0v) is 19.3. The standard InChI is InChI=1S/C20H36N6O6/c1-5-20(10-29-11-20)12-32-15(3)8-30-14(2)9-31-19(28)22-7-6-21-18(27)26-17-24-13-23-16(4)25-17/h13-16H,5-12H2,1-4H3,(H,22,28)(H3,21,23,24,25,26,27). The first-order valence-corrected chi connectivity index (χ1v) is 10.9. The molecule has 12 nitrogen and oxygen atoms in total. The second-order valence-electron chi connectivity index (χ2n) is 8.05. The van der Waals surface area contributed by atoms with E-state index in [1.807, 2.05) is 13.8 Å². The molecule has 2 aliphatic heterocycles. The molecule has 0 spiro atoms. The monoisotopic (exact) mass is 456 g/mol. The zero-order valence-electron chi connectivity index (χ0n) is 19.3. The molecule has 32 heavy (non-hydrogen) atoms. The van der Waals surface area contributed by atoms with Crippen molar-refractivity contribution in [1.82, 2.24) is 21.3 Å². The number of carbonyl (C=O) groups excluding carboxylic acids is 2. The summed E-state index contributed by atoms with van der Waals surface area (Å²) in [5.74, 6) is 0.313. The molecule has 0 saturated carbocycles. The van der Waals surface area contributed by atoms with E-state index in [2.05, 4.69) is 38.2 Å². The molecule has 0 aromatic carbocycles. The van der Waals surface area contributed by atoms with Crippen molar-refractivity contribution < 1.29 is 28.5 Å². The minimum absolute atomic E-state index is 0.0576. The number of hydrogen-bond acceptors (Lipinski definition) is 9. The van der Waals surface area contributed by atoms with Gasteiger partial charge in [0.2, 0.25) is 5.96 Å². The number of carbonyl (C=O) groups is 2. The summed E-state index contributed by atoms with van der Waals surface area (Å²) in [6, 6.07) is -0.443. The van der Waals surface area contributed by atoms with Gasteiger partial charge in [-0.25, -0.2) is 19.6 Å². The summed E-state index contributed by atoms with van der Waals surface area (Å²) in [6.07, 6.45) is 1.35. The van der Waals surface area contributed by atoms with E-state index in [-0.39, 0.29) is 43.5 Å². The van der Waals surface area contributed by atoms with Gasteiger partial charge in [0.05, 0.1) is 45.0 Å². The Balaban J connectivity index is 1.47. The van der Waals surface area contributed by atoms with Gasteiger partial charge in [0.15, 0.2) is 0 Å². The van der Waals surface area contributed by atoms with Crippen LogP contribution in [-0.2, 0) is 18.9 Å². The lowest BCUT2D eigenvalue weighted by Gasteiger charge is -2.41. The largest absolute Gasteiger partial charge is 0.447 e. The van der Waals surface area contributed by atoms with E-state index in [0.717, 1.165) is 19.6 Å². The van der Waals surface area contributed by atoms with E-state index in [4.69, 9.17) is 18.9 Å². The molecule has 3 unspecified atom stereocenters. The van der Waals surface area contributed by atoms with Crippen molar-refractivity contribution in [1.29, 1.82) is 0 Å². The first-order valence-electron chi connectivity index (χ1n) is 10.9. The van der Waals surface area contributed by atoms with Gasteiger partial charge in [-0.05, 0) is 27.2 Å². The van der Waals surface area contributed by atoms with Crippen molar-refractivity contribution >= 4 is 24.4 Å². The third-order valence-electron chi connectivity index (χ3n) is 5.02. The quantitative estimate of drug-likeness (QED) is 0.315. The van der Waals surface area contributed by atoms with Crippen LogP contribution in [0.25, 0.3) is 0 Å². The Morgan fingerprint density at radius 1 is 1.22 bits per heavy atom. The fourth-order valence-electron chi connectivity index (χ4n) is 2.76. The van der Waals surface area contributed by atoms with E-state index in [1.165, 1.54) is 6.34 Å². The highest BCUT2D eigenvalue weighted by Crippen LogP contribution is 2.31. The highest BCUT2D eigenvalue weighted by atomic mass is 16.6. The topological polar surface area (TPSA) is 144 Å². The van der Waals surface area contributed by atoms with Crippen LogP contribution in [0.2, 0.25) is 0 Å². The highest BCUT2D eigenvalue weighted by Gasteiger charge is 2.37. The molecule has 12 heteroatoms. The van der Waals surface area contributed by atoms with Crippen LogP contribution in [0, 0.1) is 5.41 Å². The molecular weight excluding hydrogens is 420 g/mol. The summed E-state index contributed by atoms with van der Waals surface area (Å²) in [7, 11) is 0. The molecular formula is C20H36N6O6. The predicted octanol–water partition coefficient (Wildman–Crippen LogP) is 0.582. The van der Waals surface area contributed by atoms with E-state index in [9.17, 15) is 9.59 Å². The molecule has 0 aliphatic carbocycles. The lowest BCUT2D eigenvalue weighted by atomic mass is 9.84. The molecule has 1 fully saturated rings. The molecule has 0 bridgehead atoms. The van der Waals surface area contributed by atoms with Crippen molar-refractivity contribution in [3.8, 4) is 0 Å². The summed E-state index contributed by atoms with van der Waals surface area (Å²) in [6.45, 7) is 10.8. The zero-order chi connectivity index (χ0) is 23.4. The SMILES string of the molecule is CCC1(COC(C)COC(C)COC(=O)NCCNC(=O)NC2=NC(C)N=CN2)COC1. The van der Waals surface area contributed by atoms with Crippen molar-refractivity contribution in [2.45, 2.75) is 52.5 Å². The Labute approximate surface area is 188 Å². The third-order valence-corrected chi connectivity index (χ3v) is 5.02.